The summed E-state index contributed by atoms with van der Waals surface area (Å²) < 4.78 is 11.7. The quantitative estimate of drug-likeness (QED) is 0.809. The molecule has 6 heteroatoms. The Kier molecular flexibility index (Phi) is 5.96. The van der Waals surface area contributed by atoms with Gasteiger partial charge in [-0.2, -0.15) is 0 Å². The Labute approximate surface area is 125 Å². The van der Waals surface area contributed by atoms with Gasteiger partial charge in [-0.15, -0.1) is 0 Å². The number of nitrogens with zero attached hydrogens (tertiary/aromatic N) is 1. The van der Waals surface area contributed by atoms with E-state index >= 15 is 0 Å². The van der Waals surface area contributed by atoms with E-state index in [-0.39, 0.29) is 11.9 Å². The molecule has 1 heterocycles. The number of hydrogen-bond donors (Lipinski definition) is 1. The van der Waals surface area contributed by atoms with Crippen molar-refractivity contribution in [3.8, 4) is 0 Å². The average molecular weight is 296 g/mol. The summed E-state index contributed by atoms with van der Waals surface area (Å²) in [5, 5.41) is 2.86. The minimum atomic E-state index is -0.412. The van der Waals surface area contributed by atoms with Gasteiger partial charge < -0.3 is 19.4 Å². The van der Waals surface area contributed by atoms with Crippen LogP contribution in [0.4, 0.5) is 0 Å². The van der Waals surface area contributed by atoms with Crippen LogP contribution in [0.3, 0.4) is 0 Å². The molecule has 1 aromatic rings. The van der Waals surface area contributed by atoms with E-state index in [1.165, 1.54) is 0 Å². The highest BCUT2D eigenvalue weighted by atomic mass is 16.5. The highest BCUT2D eigenvalue weighted by Crippen LogP contribution is 2.22. The molecule has 0 aromatic carbocycles. The Hall–Kier alpha value is -1.82. The lowest BCUT2D eigenvalue weighted by Crippen LogP contribution is -2.36. The molecule has 1 aromatic heterocycles. The Morgan fingerprint density at radius 3 is 2.48 bits per heavy atom. The van der Waals surface area contributed by atoms with Crippen LogP contribution in [0.25, 0.3) is 0 Å². The summed E-state index contributed by atoms with van der Waals surface area (Å²) >= 11 is 0. The lowest BCUT2D eigenvalue weighted by molar-refractivity contribution is 0.0514. The minimum Gasteiger partial charge on any atom is -0.461 e. The van der Waals surface area contributed by atoms with Crippen LogP contribution in [-0.4, -0.2) is 42.8 Å². The molecule has 0 bridgehead atoms. The Morgan fingerprint density at radius 2 is 1.95 bits per heavy atom. The molecule has 0 fully saturated rings. The standard InChI is InChI=1S/C15H24N2O4/c1-7-21-15(19)13-10(3)12(11(4)17(13)5)14(18)16-9(2)8-20-6/h9H,7-8H2,1-6H3,(H,16,18)/t9-/m1/s1. The molecule has 118 valence electrons. The third-order valence-electron chi connectivity index (χ3n) is 3.42. The maximum Gasteiger partial charge on any atom is 0.355 e. The van der Waals surface area contributed by atoms with E-state index in [1.807, 2.05) is 13.8 Å². The summed E-state index contributed by atoms with van der Waals surface area (Å²) in [5.41, 5.74) is 2.30. The second-order valence-corrected chi connectivity index (χ2v) is 5.04. The van der Waals surface area contributed by atoms with E-state index in [9.17, 15) is 9.59 Å². The highest BCUT2D eigenvalue weighted by Gasteiger charge is 2.26. The second kappa shape index (κ2) is 7.26. The molecule has 0 saturated heterocycles. The Balaban J connectivity index is 3.12. The zero-order chi connectivity index (χ0) is 16.2. The molecule has 0 radical (unpaired) electrons. The molecule has 0 spiro atoms. The van der Waals surface area contributed by atoms with Gasteiger partial charge in [-0.1, -0.05) is 0 Å². The fraction of sp³-hybridized carbons (Fsp3) is 0.600. The summed E-state index contributed by atoms with van der Waals surface area (Å²) in [6, 6.07) is -0.104. The summed E-state index contributed by atoms with van der Waals surface area (Å²) in [7, 11) is 3.34. The van der Waals surface area contributed by atoms with Crippen molar-refractivity contribution in [1.29, 1.82) is 0 Å². The van der Waals surface area contributed by atoms with Crippen LogP contribution in [0.5, 0.6) is 0 Å². The zero-order valence-electron chi connectivity index (χ0n) is 13.6. The Bertz CT molecular complexity index is 534. The number of aromatic nitrogens is 1. The van der Waals surface area contributed by atoms with Gasteiger partial charge in [-0.25, -0.2) is 4.79 Å². The van der Waals surface area contributed by atoms with E-state index in [4.69, 9.17) is 9.47 Å². The van der Waals surface area contributed by atoms with Crippen molar-refractivity contribution in [3.05, 3.63) is 22.5 Å². The molecule has 0 aliphatic heterocycles. The van der Waals surface area contributed by atoms with Gasteiger partial charge in [-0.3, -0.25) is 4.79 Å². The van der Waals surface area contributed by atoms with Crippen molar-refractivity contribution < 1.29 is 19.1 Å². The maximum atomic E-state index is 12.4. The number of hydrogen-bond acceptors (Lipinski definition) is 4. The molecule has 0 aliphatic carbocycles. The lowest BCUT2D eigenvalue weighted by atomic mass is 10.1. The third kappa shape index (κ3) is 3.64. The number of carbonyl (C=O) groups excluding carboxylic acids is 2. The normalized spacial score (nSPS) is 12.1. The van der Waals surface area contributed by atoms with Gasteiger partial charge >= 0.3 is 5.97 Å². The smallest absolute Gasteiger partial charge is 0.355 e. The van der Waals surface area contributed by atoms with Crippen LogP contribution in [0.1, 0.15) is 46.0 Å². The highest BCUT2D eigenvalue weighted by molar-refractivity contribution is 6.01. The van der Waals surface area contributed by atoms with Gasteiger partial charge in [0.25, 0.3) is 5.91 Å². The van der Waals surface area contributed by atoms with Crippen molar-refractivity contribution in [2.75, 3.05) is 20.3 Å². The van der Waals surface area contributed by atoms with Crippen molar-refractivity contribution in [2.45, 2.75) is 33.7 Å². The van der Waals surface area contributed by atoms with Crippen molar-refractivity contribution in [2.24, 2.45) is 7.05 Å². The molecule has 6 nitrogen and oxygen atoms in total. The minimum absolute atomic E-state index is 0.104. The number of esters is 1. The van der Waals surface area contributed by atoms with Crippen molar-refractivity contribution >= 4 is 11.9 Å². The van der Waals surface area contributed by atoms with Crippen LogP contribution in [0.15, 0.2) is 0 Å². The molecular formula is C15H24N2O4. The van der Waals surface area contributed by atoms with E-state index in [0.717, 1.165) is 5.69 Å². The first kappa shape index (κ1) is 17.2. The topological polar surface area (TPSA) is 69.6 Å². The van der Waals surface area contributed by atoms with E-state index in [1.54, 1.807) is 32.6 Å². The molecule has 1 rings (SSSR count). The largest absolute Gasteiger partial charge is 0.461 e. The third-order valence-corrected chi connectivity index (χ3v) is 3.42. The van der Waals surface area contributed by atoms with Gasteiger partial charge in [0.05, 0.1) is 18.8 Å². The van der Waals surface area contributed by atoms with Crippen LogP contribution in [-0.2, 0) is 16.5 Å². The molecule has 0 aliphatic rings. The summed E-state index contributed by atoms with van der Waals surface area (Å²) in [4.78, 5) is 24.4. The predicted molar refractivity (Wildman–Crippen MR) is 79.6 cm³/mol. The van der Waals surface area contributed by atoms with Gasteiger partial charge in [0, 0.05) is 25.9 Å². The molecule has 0 unspecified atom stereocenters. The first-order chi connectivity index (χ1) is 9.84. The number of nitrogens with one attached hydrogen (secondary N) is 1. The summed E-state index contributed by atoms with van der Waals surface area (Å²) in [6.07, 6.45) is 0. The number of rotatable bonds is 6. The number of carbonyl (C=O) groups is 2. The van der Waals surface area contributed by atoms with Crippen LogP contribution >= 0.6 is 0 Å². The molecule has 1 atom stereocenters. The molecule has 21 heavy (non-hydrogen) atoms. The van der Waals surface area contributed by atoms with E-state index < -0.39 is 5.97 Å². The molecule has 1 amide bonds. The van der Waals surface area contributed by atoms with Crippen molar-refractivity contribution in [1.82, 2.24) is 9.88 Å². The van der Waals surface area contributed by atoms with Gasteiger partial charge in [0.1, 0.15) is 5.69 Å². The Morgan fingerprint density at radius 1 is 1.33 bits per heavy atom. The predicted octanol–water partition coefficient (Wildman–Crippen LogP) is 1.58. The molecule has 1 N–H and O–H groups in total. The van der Waals surface area contributed by atoms with Gasteiger partial charge in [0.2, 0.25) is 0 Å². The SMILES string of the molecule is CCOC(=O)c1c(C)c(C(=O)N[C@H](C)COC)c(C)n1C. The molecule has 0 saturated carbocycles. The number of methoxy groups -OCH3 is 1. The summed E-state index contributed by atoms with van der Waals surface area (Å²) in [5.74, 6) is -0.620. The number of ether oxygens (including phenoxy) is 2. The lowest BCUT2D eigenvalue weighted by Gasteiger charge is -2.13. The average Bonchev–Trinajstić information content (AvgIpc) is 2.60. The summed E-state index contributed by atoms with van der Waals surface area (Å²) in [6.45, 7) is 7.92. The zero-order valence-corrected chi connectivity index (χ0v) is 13.6. The second-order valence-electron chi connectivity index (χ2n) is 5.04. The van der Waals surface area contributed by atoms with Crippen LogP contribution in [0, 0.1) is 13.8 Å². The maximum absolute atomic E-state index is 12.4. The number of amides is 1. The van der Waals surface area contributed by atoms with E-state index in [0.29, 0.717) is 30.0 Å². The molecular weight excluding hydrogens is 272 g/mol. The first-order valence-electron chi connectivity index (χ1n) is 6.97. The van der Waals surface area contributed by atoms with Gasteiger partial charge in [-0.05, 0) is 33.3 Å². The first-order valence-corrected chi connectivity index (χ1v) is 6.97. The van der Waals surface area contributed by atoms with Crippen LogP contribution < -0.4 is 5.32 Å². The van der Waals surface area contributed by atoms with Crippen LogP contribution in [0.2, 0.25) is 0 Å². The van der Waals surface area contributed by atoms with Crippen molar-refractivity contribution in [3.63, 3.8) is 0 Å². The monoisotopic (exact) mass is 296 g/mol. The fourth-order valence-electron chi connectivity index (χ4n) is 2.39. The fourth-order valence-corrected chi connectivity index (χ4v) is 2.39. The van der Waals surface area contributed by atoms with E-state index in [2.05, 4.69) is 5.32 Å². The van der Waals surface area contributed by atoms with Gasteiger partial charge in [0.15, 0.2) is 0 Å².